The molecule has 3 atom stereocenters. The number of piperidine rings is 1. The van der Waals surface area contributed by atoms with E-state index in [2.05, 4.69) is 16.0 Å². The Morgan fingerprint density at radius 3 is 2.36 bits per heavy atom. The Labute approximate surface area is 252 Å². The number of imide groups is 1. The lowest BCUT2D eigenvalue weighted by Gasteiger charge is -2.20. The SMILES string of the molecule is Cc1nc(C#N)cc(-c2ccnc3cc(CN4C(=O)C5C(C4=O)C5(C)C)sc23)c1C(=O)N1CC[C@@H](O)C1.O=C(O)C(F)(F)F. The fourth-order valence-electron chi connectivity index (χ4n) is 5.89. The van der Waals surface area contributed by atoms with Gasteiger partial charge in [-0.05, 0) is 37.0 Å². The number of alkyl halides is 3. The molecule has 0 spiro atoms. The summed E-state index contributed by atoms with van der Waals surface area (Å²) < 4.78 is 32.5. The van der Waals surface area contributed by atoms with Crippen molar-refractivity contribution in [3.05, 3.63) is 46.2 Å². The number of carboxylic acids is 1. The average Bonchev–Trinajstić information content (AvgIpc) is 3.33. The van der Waals surface area contributed by atoms with Crippen LogP contribution in [0.3, 0.4) is 0 Å². The summed E-state index contributed by atoms with van der Waals surface area (Å²) in [5, 5.41) is 26.7. The number of amides is 3. The standard InChI is InChI=1S/C27H25N5O4S.C2HF3O2/c1-13-20(24(34)31-7-5-15(33)11-31)18(8-14(10-28)30-13)17-4-6-29-19-9-16(37-23(17)19)12-32-25(35)21-22(26(32)36)27(21,2)3;3-2(4,5)1(6)7/h4,6,8-9,15,21-22,33H,5,7,11-12H2,1-3H3;(H,6,7)/t15-,21?,22?;/m1./s1. The number of aryl methyl sites for hydroxylation is 1. The highest BCUT2D eigenvalue weighted by atomic mass is 32.1. The van der Waals surface area contributed by atoms with Crippen LogP contribution in [0.2, 0.25) is 0 Å². The third-order valence-electron chi connectivity index (χ3n) is 8.18. The maximum Gasteiger partial charge on any atom is 0.490 e. The molecule has 1 saturated carbocycles. The summed E-state index contributed by atoms with van der Waals surface area (Å²) >= 11 is 1.42. The minimum atomic E-state index is -5.08. The van der Waals surface area contributed by atoms with E-state index >= 15 is 0 Å². The number of aliphatic hydroxyl groups excluding tert-OH is 1. The van der Waals surface area contributed by atoms with Crippen LogP contribution in [0.5, 0.6) is 0 Å². The van der Waals surface area contributed by atoms with Crippen molar-refractivity contribution in [2.45, 2.75) is 46.0 Å². The average molecular weight is 630 g/mol. The number of hydrogen-bond acceptors (Lipinski definition) is 9. The number of aromatic nitrogens is 2. The van der Waals surface area contributed by atoms with Crippen LogP contribution in [-0.4, -0.2) is 79.0 Å². The van der Waals surface area contributed by atoms with Crippen LogP contribution in [0.4, 0.5) is 13.2 Å². The first-order valence-corrected chi connectivity index (χ1v) is 14.3. The molecule has 6 rings (SSSR count). The van der Waals surface area contributed by atoms with E-state index in [4.69, 9.17) is 9.90 Å². The van der Waals surface area contributed by atoms with E-state index in [0.717, 1.165) is 15.1 Å². The number of carboxylic acid groups (broad SMARTS) is 1. The molecule has 2 saturated heterocycles. The van der Waals surface area contributed by atoms with Gasteiger partial charge < -0.3 is 15.1 Å². The van der Waals surface area contributed by atoms with Crippen LogP contribution < -0.4 is 0 Å². The van der Waals surface area contributed by atoms with Gasteiger partial charge in [0.1, 0.15) is 11.8 Å². The summed E-state index contributed by atoms with van der Waals surface area (Å²) in [5.74, 6) is -3.69. The lowest BCUT2D eigenvalue weighted by atomic mass is 9.97. The second-order valence-corrected chi connectivity index (χ2v) is 12.6. The second kappa shape index (κ2) is 10.9. The van der Waals surface area contributed by atoms with Crippen molar-refractivity contribution in [2.24, 2.45) is 17.3 Å². The molecule has 11 nitrogen and oxygen atoms in total. The molecule has 2 unspecified atom stereocenters. The fourth-order valence-corrected chi connectivity index (χ4v) is 7.02. The quantitative estimate of drug-likeness (QED) is 0.411. The van der Waals surface area contributed by atoms with Crippen molar-refractivity contribution in [1.29, 1.82) is 5.26 Å². The number of hydrogen-bond donors (Lipinski definition) is 2. The molecule has 0 bridgehead atoms. The van der Waals surface area contributed by atoms with Gasteiger partial charge in [0.25, 0.3) is 5.91 Å². The topological polar surface area (TPSA) is 165 Å². The second-order valence-electron chi connectivity index (χ2n) is 11.4. The van der Waals surface area contributed by atoms with E-state index in [9.17, 15) is 37.9 Å². The van der Waals surface area contributed by atoms with Crippen molar-refractivity contribution in [2.75, 3.05) is 13.1 Å². The zero-order valence-corrected chi connectivity index (χ0v) is 24.5. The largest absolute Gasteiger partial charge is 0.490 e. The lowest BCUT2D eigenvalue weighted by molar-refractivity contribution is -0.192. The van der Waals surface area contributed by atoms with Gasteiger partial charge in [-0.3, -0.25) is 24.3 Å². The molecule has 44 heavy (non-hydrogen) atoms. The van der Waals surface area contributed by atoms with Crippen LogP contribution >= 0.6 is 11.3 Å². The van der Waals surface area contributed by atoms with Gasteiger partial charge >= 0.3 is 12.1 Å². The third-order valence-corrected chi connectivity index (χ3v) is 9.32. The van der Waals surface area contributed by atoms with Crippen LogP contribution in [-0.2, 0) is 20.9 Å². The number of nitriles is 1. The van der Waals surface area contributed by atoms with E-state index in [0.29, 0.717) is 35.3 Å². The van der Waals surface area contributed by atoms with E-state index < -0.39 is 18.2 Å². The maximum atomic E-state index is 13.5. The summed E-state index contributed by atoms with van der Waals surface area (Å²) in [6.45, 7) is 6.52. The van der Waals surface area contributed by atoms with E-state index in [1.54, 1.807) is 30.2 Å². The van der Waals surface area contributed by atoms with Crippen molar-refractivity contribution in [3.63, 3.8) is 0 Å². The number of thiophene rings is 1. The normalized spacial score (nSPS) is 22.0. The fraction of sp³-hybridized carbons (Fsp3) is 0.414. The third kappa shape index (κ3) is 5.39. The Kier molecular flexibility index (Phi) is 7.71. The molecule has 1 aliphatic carbocycles. The first-order chi connectivity index (χ1) is 20.6. The Morgan fingerprint density at radius 1 is 1.18 bits per heavy atom. The maximum absolute atomic E-state index is 13.5. The summed E-state index contributed by atoms with van der Waals surface area (Å²) in [7, 11) is 0. The summed E-state index contributed by atoms with van der Waals surface area (Å²) in [5.41, 5.74) is 2.76. The molecule has 3 aromatic rings. The molecule has 3 aliphatic rings. The number of rotatable bonds is 4. The van der Waals surface area contributed by atoms with Crippen molar-refractivity contribution in [1.82, 2.24) is 19.8 Å². The van der Waals surface area contributed by atoms with E-state index in [-0.39, 0.29) is 53.8 Å². The predicted molar refractivity (Wildman–Crippen MR) is 149 cm³/mol. The Morgan fingerprint density at radius 2 is 1.82 bits per heavy atom. The highest BCUT2D eigenvalue weighted by Crippen LogP contribution is 2.63. The van der Waals surface area contributed by atoms with Crippen molar-refractivity contribution >= 4 is 45.2 Å². The number of fused-ring (bicyclic) bond motifs is 2. The smallest absolute Gasteiger partial charge is 0.475 e. The van der Waals surface area contributed by atoms with Crippen LogP contribution in [0.1, 0.15) is 46.9 Å². The number of carbonyl (C=O) groups is 4. The van der Waals surface area contributed by atoms with Crippen LogP contribution in [0.25, 0.3) is 21.3 Å². The molecule has 5 heterocycles. The first-order valence-electron chi connectivity index (χ1n) is 13.5. The molecule has 2 N–H and O–H groups in total. The summed E-state index contributed by atoms with van der Waals surface area (Å²) in [4.78, 5) is 60.7. The minimum Gasteiger partial charge on any atom is -0.475 e. The molecule has 3 aromatic heterocycles. The van der Waals surface area contributed by atoms with Crippen molar-refractivity contribution < 1.29 is 42.6 Å². The Balaban J connectivity index is 0.000000493. The summed E-state index contributed by atoms with van der Waals surface area (Å²) in [6, 6.07) is 7.37. The highest BCUT2D eigenvalue weighted by molar-refractivity contribution is 7.19. The van der Waals surface area contributed by atoms with Crippen molar-refractivity contribution in [3.8, 4) is 17.2 Å². The number of halogens is 3. The molecule has 0 aromatic carbocycles. The molecule has 0 radical (unpaired) electrons. The molecule has 3 fully saturated rings. The van der Waals surface area contributed by atoms with Crippen LogP contribution in [0, 0.1) is 35.5 Å². The number of β-amino-alcohol motifs (C(OH)–C–C–N with tert-alkyl or cyclic N) is 1. The number of aliphatic hydroxyl groups is 1. The number of pyridine rings is 2. The van der Waals surface area contributed by atoms with Gasteiger partial charge in [0.2, 0.25) is 11.8 Å². The van der Waals surface area contributed by atoms with E-state index in [1.807, 2.05) is 19.9 Å². The molecule has 2 aliphatic heterocycles. The van der Waals surface area contributed by atoms with Gasteiger partial charge in [-0.15, -0.1) is 11.3 Å². The van der Waals surface area contributed by atoms with Gasteiger partial charge in [0.05, 0.1) is 46.0 Å². The Hall–Kier alpha value is -4.42. The molecular formula is C29H26F3N5O6S. The molecule has 230 valence electrons. The van der Waals surface area contributed by atoms with Gasteiger partial charge in [-0.2, -0.15) is 18.4 Å². The predicted octanol–water partition coefficient (Wildman–Crippen LogP) is 3.52. The lowest BCUT2D eigenvalue weighted by Crippen LogP contribution is -2.35. The number of nitrogens with zero attached hydrogens (tertiary/aromatic N) is 5. The number of carbonyl (C=O) groups excluding carboxylic acids is 3. The molecule has 3 amide bonds. The van der Waals surface area contributed by atoms with Crippen LogP contribution in [0.15, 0.2) is 24.4 Å². The minimum absolute atomic E-state index is 0.116. The zero-order valence-electron chi connectivity index (χ0n) is 23.7. The van der Waals surface area contributed by atoms with E-state index in [1.165, 1.54) is 16.2 Å². The van der Waals surface area contributed by atoms with Gasteiger partial charge in [0.15, 0.2) is 0 Å². The monoisotopic (exact) mass is 629 g/mol. The van der Waals surface area contributed by atoms with Gasteiger partial charge in [0, 0.05) is 35.3 Å². The molecular weight excluding hydrogens is 603 g/mol. The number of likely N-dealkylation sites (tertiary alicyclic amines) is 2. The number of aliphatic carboxylic acids is 1. The molecule has 15 heteroatoms. The van der Waals surface area contributed by atoms with Gasteiger partial charge in [-0.1, -0.05) is 13.8 Å². The zero-order chi connectivity index (χ0) is 32.3. The summed E-state index contributed by atoms with van der Waals surface area (Å²) in [6.07, 6.45) is -3.47. The Bertz CT molecular complexity index is 1740. The van der Waals surface area contributed by atoms with Gasteiger partial charge in [-0.25, -0.2) is 9.78 Å². The highest BCUT2D eigenvalue weighted by Gasteiger charge is 2.72. The first kappa shape index (κ1) is 31.0.